The van der Waals surface area contributed by atoms with Crippen LogP contribution in [0.1, 0.15) is 62.4 Å². The SMILES string of the molecule is CC(C)(C)OC(=O)NC(CCC(=O)O)C(=O)N1CCC[C@H]1C(=O)NC(Cc1ccccc1)C(=O)C(F)(F)C(=O)Nc1cc(C(=O)O)cs1. The van der Waals surface area contributed by atoms with E-state index < -0.39 is 84.0 Å². The fourth-order valence-corrected chi connectivity index (χ4v) is 5.61. The minimum Gasteiger partial charge on any atom is -0.481 e. The molecular weight excluding hydrogens is 658 g/mol. The summed E-state index contributed by atoms with van der Waals surface area (Å²) >= 11 is 0.657. The van der Waals surface area contributed by atoms with Gasteiger partial charge in [-0.1, -0.05) is 30.3 Å². The van der Waals surface area contributed by atoms with Crippen LogP contribution < -0.4 is 16.0 Å². The second kappa shape index (κ2) is 15.8. The Bertz CT molecular complexity index is 1540. The van der Waals surface area contributed by atoms with Crippen LogP contribution in [-0.4, -0.2) is 92.8 Å². The van der Waals surface area contributed by atoms with E-state index >= 15 is 8.78 Å². The van der Waals surface area contributed by atoms with E-state index in [1.54, 1.807) is 39.0 Å². The fourth-order valence-electron chi connectivity index (χ4n) is 4.84. The van der Waals surface area contributed by atoms with Gasteiger partial charge in [-0.15, -0.1) is 11.3 Å². The fraction of sp³-hybridized carbons (Fsp3) is 0.452. The highest BCUT2D eigenvalue weighted by atomic mass is 32.1. The molecule has 1 aromatic heterocycles. The standard InChI is InChI=1S/C31H36F2N4O10S/c1-30(2,3)47-29(46)35-19(11-12-23(38)39)26(42)37-13-7-10-21(37)25(41)34-20(14-17-8-5-4-6-9-17)24(40)31(32,33)28(45)36-22-15-18(16-48-22)27(43)44/h4-6,8-9,15-16,19-21H,7,10-14H2,1-3H3,(H,34,41)(H,35,46)(H,36,45)(H,38,39)(H,43,44)/t19?,20?,21-/m0/s1. The molecule has 1 aromatic carbocycles. The van der Waals surface area contributed by atoms with Crippen molar-refractivity contribution in [1.29, 1.82) is 0 Å². The Hall–Kier alpha value is -4.93. The summed E-state index contributed by atoms with van der Waals surface area (Å²) in [4.78, 5) is 88.8. The van der Waals surface area contributed by atoms with E-state index in [0.717, 1.165) is 16.3 Å². The molecule has 3 rings (SSSR count). The van der Waals surface area contributed by atoms with E-state index in [-0.39, 0.29) is 36.4 Å². The number of carbonyl (C=O) groups excluding carboxylic acids is 5. The topological polar surface area (TPSA) is 209 Å². The number of rotatable bonds is 14. The number of carboxylic acids is 2. The minimum atomic E-state index is -4.68. The number of benzene rings is 1. The molecule has 0 bridgehead atoms. The zero-order chi connectivity index (χ0) is 35.8. The number of carboxylic acid groups (broad SMARTS) is 2. The monoisotopic (exact) mass is 694 g/mol. The molecule has 4 amide bonds. The number of Topliss-reactive ketones (excluding diaryl/α,β-unsaturated/α-hetero) is 1. The molecule has 1 aliphatic heterocycles. The molecular formula is C31H36F2N4O10S. The number of ketones is 1. The Labute approximate surface area is 277 Å². The van der Waals surface area contributed by atoms with Crippen molar-refractivity contribution in [2.75, 3.05) is 11.9 Å². The third-order valence-electron chi connectivity index (χ3n) is 7.07. The van der Waals surface area contributed by atoms with Crippen molar-refractivity contribution in [3.63, 3.8) is 0 Å². The summed E-state index contributed by atoms with van der Waals surface area (Å²) in [5, 5.41) is 25.6. The second-order valence-corrected chi connectivity index (χ2v) is 12.9. The van der Waals surface area contributed by atoms with Gasteiger partial charge in [0.25, 0.3) is 0 Å². The lowest BCUT2D eigenvalue weighted by Gasteiger charge is -2.30. The number of anilines is 1. The molecule has 1 fully saturated rings. The van der Waals surface area contributed by atoms with Crippen LogP contribution in [0, 0.1) is 0 Å². The lowest BCUT2D eigenvalue weighted by Crippen LogP contribution is -2.58. The Morgan fingerprint density at radius 2 is 1.69 bits per heavy atom. The van der Waals surface area contributed by atoms with Crippen LogP contribution in [0.5, 0.6) is 0 Å². The molecule has 1 aliphatic rings. The first-order valence-electron chi connectivity index (χ1n) is 14.8. The molecule has 0 radical (unpaired) electrons. The van der Waals surface area contributed by atoms with Gasteiger partial charge in [-0.05, 0) is 51.7 Å². The van der Waals surface area contributed by atoms with E-state index in [0.29, 0.717) is 16.9 Å². The highest BCUT2D eigenvalue weighted by Gasteiger charge is 2.51. The van der Waals surface area contributed by atoms with Gasteiger partial charge >= 0.3 is 29.9 Å². The van der Waals surface area contributed by atoms with Gasteiger partial charge in [0, 0.05) is 24.8 Å². The second-order valence-electron chi connectivity index (χ2n) is 12.0. The number of carbonyl (C=O) groups is 7. The summed E-state index contributed by atoms with van der Waals surface area (Å²) in [6, 6.07) is 4.15. The molecule has 14 nitrogen and oxygen atoms in total. The van der Waals surface area contributed by atoms with Crippen LogP contribution in [-0.2, 0) is 35.1 Å². The number of likely N-dealkylation sites (tertiary alicyclic amines) is 1. The van der Waals surface area contributed by atoms with Crippen LogP contribution in [0.2, 0.25) is 0 Å². The summed E-state index contributed by atoms with van der Waals surface area (Å²) in [6.45, 7) is 4.75. The lowest BCUT2D eigenvalue weighted by molar-refractivity contribution is -0.157. The van der Waals surface area contributed by atoms with Gasteiger partial charge in [0.2, 0.25) is 17.6 Å². The number of nitrogens with zero attached hydrogens (tertiary/aromatic N) is 1. The zero-order valence-electron chi connectivity index (χ0n) is 26.3. The first-order valence-corrected chi connectivity index (χ1v) is 15.7. The number of halogens is 2. The van der Waals surface area contributed by atoms with Crippen molar-refractivity contribution in [3.05, 3.63) is 52.9 Å². The number of nitrogens with one attached hydrogen (secondary N) is 3. The van der Waals surface area contributed by atoms with Crippen LogP contribution >= 0.6 is 11.3 Å². The maximum atomic E-state index is 15.4. The maximum absolute atomic E-state index is 15.4. The Morgan fingerprint density at radius 3 is 2.27 bits per heavy atom. The highest BCUT2D eigenvalue weighted by molar-refractivity contribution is 7.14. The Kier molecular flexibility index (Phi) is 12.3. The average molecular weight is 695 g/mol. The molecule has 48 heavy (non-hydrogen) atoms. The normalized spacial score (nSPS) is 15.9. The summed E-state index contributed by atoms with van der Waals surface area (Å²) in [7, 11) is 0. The van der Waals surface area contributed by atoms with E-state index in [2.05, 4.69) is 10.6 Å². The third-order valence-corrected chi connectivity index (χ3v) is 7.91. The number of hydrogen-bond donors (Lipinski definition) is 5. The molecule has 2 unspecified atom stereocenters. The molecule has 5 N–H and O–H groups in total. The van der Waals surface area contributed by atoms with Gasteiger partial charge in [-0.2, -0.15) is 8.78 Å². The van der Waals surface area contributed by atoms with Crippen LogP contribution in [0.25, 0.3) is 0 Å². The largest absolute Gasteiger partial charge is 0.481 e. The number of aromatic carboxylic acids is 1. The lowest BCUT2D eigenvalue weighted by atomic mass is 9.97. The summed E-state index contributed by atoms with van der Waals surface area (Å²) in [6.07, 6.45) is -1.95. The number of ether oxygens (including phenoxy) is 1. The van der Waals surface area contributed by atoms with Gasteiger partial charge < -0.3 is 35.8 Å². The van der Waals surface area contributed by atoms with Gasteiger partial charge in [-0.25, -0.2) is 9.59 Å². The smallest absolute Gasteiger partial charge is 0.408 e. The molecule has 0 aliphatic carbocycles. The predicted octanol–water partition coefficient (Wildman–Crippen LogP) is 3.07. The summed E-state index contributed by atoms with van der Waals surface area (Å²) in [5.74, 6) is -13.1. The van der Waals surface area contributed by atoms with Crippen molar-refractivity contribution in [2.24, 2.45) is 0 Å². The number of alkyl halides is 2. The van der Waals surface area contributed by atoms with Crippen LogP contribution in [0.3, 0.4) is 0 Å². The first kappa shape index (κ1) is 37.5. The molecule has 260 valence electrons. The maximum Gasteiger partial charge on any atom is 0.408 e. The molecule has 1 saturated heterocycles. The molecule has 2 heterocycles. The Morgan fingerprint density at radius 1 is 1.02 bits per heavy atom. The minimum absolute atomic E-state index is 0.00546. The van der Waals surface area contributed by atoms with Crippen molar-refractivity contribution < 1.29 is 57.3 Å². The van der Waals surface area contributed by atoms with E-state index in [1.165, 1.54) is 12.1 Å². The molecule has 0 saturated carbocycles. The summed E-state index contributed by atoms with van der Waals surface area (Å²) < 4.78 is 35.9. The number of hydrogen-bond acceptors (Lipinski definition) is 9. The Balaban J connectivity index is 1.83. The number of aliphatic carboxylic acids is 1. The molecule has 3 atom stereocenters. The number of alkyl carbamates (subject to hydrolysis) is 1. The number of thiophene rings is 1. The van der Waals surface area contributed by atoms with Crippen molar-refractivity contribution in [3.8, 4) is 0 Å². The van der Waals surface area contributed by atoms with Crippen LogP contribution in [0.15, 0.2) is 41.8 Å². The van der Waals surface area contributed by atoms with Crippen molar-refractivity contribution in [1.82, 2.24) is 15.5 Å². The third kappa shape index (κ3) is 10.3. The first-order chi connectivity index (χ1) is 22.4. The van der Waals surface area contributed by atoms with Crippen molar-refractivity contribution in [2.45, 2.75) is 82.5 Å². The van der Waals surface area contributed by atoms with E-state index in [9.17, 15) is 38.7 Å². The zero-order valence-corrected chi connectivity index (χ0v) is 27.1. The van der Waals surface area contributed by atoms with Crippen LogP contribution in [0.4, 0.5) is 18.6 Å². The van der Waals surface area contributed by atoms with E-state index in [4.69, 9.17) is 9.84 Å². The van der Waals surface area contributed by atoms with E-state index in [1.807, 2.05) is 5.32 Å². The molecule has 2 aromatic rings. The van der Waals surface area contributed by atoms with Gasteiger partial charge in [0.1, 0.15) is 17.7 Å². The quantitative estimate of drug-likeness (QED) is 0.183. The molecule has 0 spiro atoms. The predicted molar refractivity (Wildman–Crippen MR) is 167 cm³/mol. The molecule has 17 heteroatoms. The average Bonchev–Trinajstić information content (AvgIpc) is 3.68. The number of amides is 4. The van der Waals surface area contributed by atoms with Crippen molar-refractivity contribution >= 4 is 57.9 Å². The summed E-state index contributed by atoms with van der Waals surface area (Å²) in [5.41, 5.74) is -0.835. The van der Waals surface area contributed by atoms with Gasteiger partial charge in [-0.3, -0.25) is 24.0 Å². The van der Waals surface area contributed by atoms with Gasteiger partial charge in [0.05, 0.1) is 16.6 Å². The van der Waals surface area contributed by atoms with Gasteiger partial charge in [0.15, 0.2) is 0 Å². The highest BCUT2D eigenvalue weighted by Crippen LogP contribution is 2.26.